The quantitative estimate of drug-likeness (QED) is 0.547. The minimum atomic E-state index is 0.335. The van der Waals surface area contributed by atoms with Crippen molar-refractivity contribution in [3.05, 3.63) is 35.9 Å². The Labute approximate surface area is 75.6 Å². The summed E-state index contributed by atoms with van der Waals surface area (Å²) in [4.78, 5) is 0. The van der Waals surface area contributed by atoms with Crippen molar-refractivity contribution < 1.29 is 5.11 Å². The van der Waals surface area contributed by atoms with E-state index in [4.69, 9.17) is 5.11 Å². The van der Waals surface area contributed by atoms with Gasteiger partial charge < -0.3 is 5.11 Å². The normalized spacial score (nSPS) is 11.1. The van der Waals surface area contributed by atoms with E-state index in [1.165, 1.54) is 11.7 Å². The van der Waals surface area contributed by atoms with Crippen LogP contribution in [0.1, 0.15) is 12.0 Å². The van der Waals surface area contributed by atoms with Gasteiger partial charge in [0.2, 0.25) is 0 Å². The third-order valence-electron chi connectivity index (χ3n) is 1.68. The molecule has 0 bridgehead atoms. The third-order valence-corrected chi connectivity index (χ3v) is 3.05. The van der Waals surface area contributed by atoms with Gasteiger partial charge in [-0.2, -0.15) is 0 Å². The van der Waals surface area contributed by atoms with Gasteiger partial charge in [-0.05, 0) is 24.3 Å². The molecular weight excluding hydrogens is 167 g/mol. The van der Waals surface area contributed by atoms with E-state index in [1.807, 2.05) is 6.07 Å². The van der Waals surface area contributed by atoms with Crippen LogP contribution >= 0.6 is 8.58 Å². The van der Waals surface area contributed by atoms with E-state index in [2.05, 4.69) is 24.3 Å². The van der Waals surface area contributed by atoms with Crippen LogP contribution in [0.5, 0.6) is 0 Å². The fraction of sp³-hybridized carbons (Fsp3) is 0.400. The topological polar surface area (TPSA) is 20.2 Å². The van der Waals surface area contributed by atoms with Crippen LogP contribution in [-0.4, -0.2) is 17.9 Å². The molecule has 0 heterocycles. The summed E-state index contributed by atoms with van der Waals surface area (Å²) < 4.78 is 0. The zero-order valence-corrected chi connectivity index (χ0v) is 8.16. The van der Waals surface area contributed by atoms with E-state index in [1.54, 1.807) is 0 Å². The van der Waals surface area contributed by atoms with Crippen LogP contribution < -0.4 is 0 Å². The molecule has 0 aliphatic rings. The lowest BCUT2D eigenvalue weighted by Gasteiger charge is -1.99. The Kier molecular flexibility index (Phi) is 4.98. The average Bonchev–Trinajstić information content (AvgIpc) is 2.14. The van der Waals surface area contributed by atoms with Gasteiger partial charge in [0, 0.05) is 6.61 Å². The van der Waals surface area contributed by atoms with Gasteiger partial charge in [-0.1, -0.05) is 30.3 Å². The van der Waals surface area contributed by atoms with Gasteiger partial charge in [0.1, 0.15) is 0 Å². The summed E-state index contributed by atoms with van der Waals surface area (Å²) in [5.41, 5.74) is 1.41. The van der Waals surface area contributed by atoms with Crippen LogP contribution in [0, 0.1) is 0 Å². The maximum atomic E-state index is 8.57. The Morgan fingerprint density at radius 1 is 1.17 bits per heavy atom. The van der Waals surface area contributed by atoms with Gasteiger partial charge in [0.25, 0.3) is 0 Å². The Morgan fingerprint density at radius 3 is 2.58 bits per heavy atom. The minimum Gasteiger partial charge on any atom is -0.396 e. The zero-order chi connectivity index (χ0) is 8.65. The minimum absolute atomic E-state index is 0.335. The number of aliphatic hydroxyl groups excluding tert-OH is 1. The lowest BCUT2D eigenvalue weighted by molar-refractivity contribution is 0.296. The van der Waals surface area contributed by atoms with Crippen molar-refractivity contribution in [3.8, 4) is 0 Å². The summed E-state index contributed by atoms with van der Waals surface area (Å²) in [5.74, 6) is 0. The van der Waals surface area contributed by atoms with E-state index in [0.29, 0.717) is 6.61 Å². The first-order valence-corrected chi connectivity index (χ1v) is 5.70. The van der Waals surface area contributed by atoms with Crippen LogP contribution in [-0.2, 0) is 6.16 Å². The number of rotatable bonds is 5. The predicted octanol–water partition coefficient (Wildman–Crippen LogP) is 2.25. The summed E-state index contributed by atoms with van der Waals surface area (Å²) in [6.07, 6.45) is 3.28. The lowest BCUT2D eigenvalue weighted by Crippen LogP contribution is -1.85. The fourth-order valence-electron chi connectivity index (χ4n) is 1.03. The lowest BCUT2D eigenvalue weighted by atomic mass is 10.2. The molecule has 0 fully saturated rings. The second kappa shape index (κ2) is 6.16. The first kappa shape index (κ1) is 9.70. The SMILES string of the molecule is OCCCPCc1ccccc1. The van der Waals surface area contributed by atoms with Crippen molar-refractivity contribution >= 4 is 8.58 Å². The molecular formula is C10H15OP. The zero-order valence-electron chi connectivity index (χ0n) is 7.16. The maximum absolute atomic E-state index is 8.57. The van der Waals surface area contributed by atoms with Crippen molar-refractivity contribution in [2.75, 3.05) is 12.8 Å². The summed E-state index contributed by atoms with van der Waals surface area (Å²) in [5, 5.41) is 8.57. The molecule has 12 heavy (non-hydrogen) atoms. The molecule has 1 nitrogen and oxygen atoms in total. The van der Waals surface area contributed by atoms with Crippen molar-refractivity contribution in [1.82, 2.24) is 0 Å². The highest BCUT2D eigenvalue weighted by molar-refractivity contribution is 7.37. The number of hydrogen-bond acceptors (Lipinski definition) is 1. The third kappa shape index (κ3) is 3.85. The maximum Gasteiger partial charge on any atom is 0.0434 e. The molecule has 1 N–H and O–H groups in total. The van der Waals surface area contributed by atoms with E-state index >= 15 is 0 Å². The molecule has 1 rings (SSSR count). The largest absolute Gasteiger partial charge is 0.396 e. The Balaban J connectivity index is 2.16. The monoisotopic (exact) mass is 182 g/mol. The number of benzene rings is 1. The second-order valence-electron chi connectivity index (χ2n) is 2.74. The Morgan fingerprint density at radius 2 is 1.92 bits per heavy atom. The number of aliphatic hydroxyl groups is 1. The van der Waals surface area contributed by atoms with Crippen LogP contribution in [0.15, 0.2) is 30.3 Å². The first-order valence-electron chi connectivity index (χ1n) is 4.29. The molecule has 1 unspecified atom stereocenters. The van der Waals surface area contributed by atoms with Crippen molar-refractivity contribution in [2.24, 2.45) is 0 Å². The van der Waals surface area contributed by atoms with Crippen molar-refractivity contribution in [3.63, 3.8) is 0 Å². The molecule has 0 aliphatic heterocycles. The molecule has 1 atom stereocenters. The van der Waals surface area contributed by atoms with E-state index in [9.17, 15) is 0 Å². The van der Waals surface area contributed by atoms with Gasteiger partial charge in [0.15, 0.2) is 0 Å². The van der Waals surface area contributed by atoms with Crippen LogP contribution in [0.4, 0.5) is 0 Å². The standard InChI is InChI=1S/C10H15OP/c11-7-4-8-12-9-10-5-2-1-3-6-10/h1-3,5-6,11-12H,4,7-9H2. The molecule has 0 aliphatic carbocycles. The predicted molar refractivity (Wildman–Crippen MR) is 55.0 cm³/mol. The highest BCUT2D eigenvalue weighted by atomic mass is 31.1. The summed E-state index contributed by atoms with van der Waals surface area (Å²) in [6, 6.07) is 10.5. The molecule has 1 aromatic carbocycles. The second-order valence-corrected chi connectivity index (χ2v) is 4.09. The molecule has 0 spiro atoms. The van der Waals surface area contributed by atoms with Gasteiger partial charge in [-0.25, -0.2) is 0 Å². The molecule has 66 valence electrons. The smallest absolute Gasteiger partial charge is 0.0434 e. The summed E-state index contributed by atoms with van der Waals surface area (Å²) in [6.45, 7) is 0.335. The molecule has 0 aromatic heterocycles. The van der Waals surface area contributed by atoms with Crippen LogP contribution in [0.3, 0.4) is 0 Å². The van der Waals surface area contributed by atoms with Gasteiger partial charge in [-0.15, -0.1) is 8.58 Å². The average molecular weight is 182 g/mol. The van der Waals surface area contributed by atoms with Gasteiger partial charge >= 0.3 is 0 Å². The van der Waals surface area contributed by atoms with E-state index < -0.39 is 0 Å². The first-order chi connectivity index (χ1) is 5.93. The van der Waals surface area contributed by atoms with Crippen LogP contribution in [0.25, 0.3) is 0 Å². The highest BCUT2D eigenvalue weighted by Crippen LogP contribution is 2.18. The molecule has 0 radical (unpaired) electrons. The van der Waals surface area contributed by atoms with Gasteiger partial charge in [0.05, 0.1) is 0 Å². The molecule has 0 amide bonds. The van der Waals surface area contributed by atoms with Crippen molar-refractivity contribution in [1.29, 1.82) is 0 Å². The molecule has 1 aromatic rings. The Bertz CT molecular complexity index is 198. The molecule has 2 heteroatoms. The highest BCUT2D eigenvalue weighted by Gasteiger charge is 1.90. The van der Waals surface area contributed by atoms with E-state index in [0.717, 1.165) is 21.2 Å². The van der Waals surface area contributed by atoms with E-state index in [-0.39, 0.29) is 0 Å². The molecule has 0 saturated heterocycles. The Hall–Kier alpha value is -0.390. The van der Waals surface area contributed by atoms with Crippen molar-refractivity contribution in [2.45, 2.75) is 12.6 Å². The summed E-state index contributed by atoms with van der Waals surface area (Å²) in [7, 11) is 0.956. The molecule has 0 saturated carbocycles. The number of hydrogen-bond donors (Lipinski definition) is 1. The summed E-state index contributed by atoms with van der Waals surface area (Å²) >= 11 is 0. The van der Waals surface area contributed by atoms with Gasteiger partial charge in [-0.3, -0.25) is 0 Å². The fourth-order valence-corrected chi connectivity index (χ4v) is 2.14. The van der Waals surface area contributed by atoms with Crippen LogP contribution in [0.2, 0.25) is 0 Å².